The second-order valence-electron chi connectivity index (χ2n) is 6.41. The van der Waals surface area contributed by atoms with E-state index in [0.717, 1.165) is 5.56 Å². The minimum atomic E-state index is -0.614. The van der Waals surface area contributed by atoms with Crippen molar-refractivity contribution in [1.29, 1.82) is 0 Å². The van der Waals surface area contributed by atoms with Crippen LogP contribution in [0.3, 0.4) is 0 Å². The first-order valence-electron chi connectivity index (χ1n) is 9.37. The molecule has 3 aromatic carbocycles. The number of para-hydroxylation sites is 1. The molecule has 0 radical (unpaired) electrons. The van der Waals surface area contributed by atoms with E-state index in [9.17, 15) is 9.59 Å². The molecule has 158 valence electrons. The van der Waals surface area contributed by atoms with Gasteiger partial charge in [-0.1, -0.05) is 59.6 Å². The topological polar surface area (TPSA) is 64.6 Å². The maximum absolute atomic E-state index is 11.8. The molecule has 0 saturated carbocycles. The van der Waals surface area contributed by atoms with E-state index in [0.29, 0.717) is 27.0 Å². The molecular formula is C24H19Cl2NO4. The van der Waals surface area contributed by atoms with Gasteiger partial charge < -0.3 is 14.8 Å². The summed E-state index contributed by atoms with van der Waals surface area (Å²) in [7, 11) is 0. The Morgan fingerprint density at radius 1 is 0.871 bits per heavy atom. The van der Waals surface area contributed by atoms with Crippen molar-refractivity contribution in [2.75, 3.05) is 11.9 Å². The van der Waals surface area contributed by atoms with Crippen molar-refractivity contribution in [3.8, 4) is 5.75 Å². The summed E-state index contributed by atoms with van der Waals surface area (Å²) >= 11 is 12.3. The van der Waals surface area contributed by atoms with Gasteiger partial charge in [-0.3, -0.25) is 4.79 Å². The summed E-state index contributed by atoms with van der Waals surface area (Å²) in [6, 6.07) is 21.3. The van der Waals surface area contributed by atoms with Crippen molar-refractivity contribution in [3.63, 3.8) is 0 Å². The minimum Gasteiger partial charge on any atom is -0.489 e. The van der Waals surface area contributed by atoms with Crippen molar-refractivity contribution >= 4 is 46.8 Å². The molecule has 0 heterocycles. The van der Waals surface area contributed by atoms with Crippen LogP contribution in [0.15, 0.2) is 78.9 Å². The Morgan fingerprint density at radius 2 is 1.55 bits per heavy atom. The number of carbonyl (C=O) groups excluding carboxylic acids is 2. The molecule has 31 heavy (non-hydrogen) atoms. The Balaban J connectivity index is 1.45. The Labute approximate surface area is 190 Å². The lowest BCUT2D eigenvalue weighted by atomic mass is 10.2. The SMILES string of the molecule is O=C(COC(=O)/C=C/c1ccc(OCc2c(Cl)cccc2Cl)cc1)Nc1ccccc1. The fourth-order valence-electron chi connectivity index (χ4n) is 2.57. The molecular weight excluding hydrogens is 437 g/mol. The number of halogens is 2. The van der Waals surface area contributed by atoms with Gasteiger partial charge in [0.05, 0.1) is 0 Å². The Hall–Kier alpha value is -3.28. The summed E-state index contributed by atoms with van der Waals surface area (Å²) in [5.41, 5.74) is 2.13. The third-order valence-corrected chi connectivity index (χ3v) is 4.85. The Bertz CT molecular complexity index is 1050. The number of rotatable bonds is 8. The summed E-state index contributed by atoms with van der Waals surface area (Å²) in [5.74, 6) is -0.390. The summed E-state index contributed by atoms with van der Waals surface area (Å²) in [4.78, 5) is 23.6. The molecule has 0 fully saturated rings. The monoisotopic (exact) mass is 455 g/mol. The highest BCUT2D eigenvalue weighted by atomic mass is 35.5. The van der Waals surface area contributed by atoms with Crippen molar-refractivity contribution < 1.29 is 19.1 Å². The van der Waals surface area contributed by atoms with E-state index in [1.165, 1.54) is 6.08 Å². The van der Waals surface area contributed by atoms with Crippen LogP contribution in [0.1, 0.15) is 11.1 Å². The van der Waals surface area contributed by atoms with Gasteiger partial charge in [0.2, 0.25) is 0 Å². The van der Waals surface area contributed by atoms with E-state index >= 15 is 0 Å². The first kappa shape index (κ1) is 22.4. The van der Waals surface area contributed by atoms with E-state index in [-0.39, 0.29) is 13.2 Å². The molecule has 0 atom stereocenters. The Kier molecular flexibility index (Phi) is 8.10. The summed E-state index contributed by atoms with van der Waals surface area (Å²) in [6.07, 6.45) is 2.85. The second kappa shape index (κ2) is 11.2. The number of ether oxygens (including phenoxy) is 2. The van der Waals surface area contributed by atoms with Crippen molar-refractivity contribution in [3.05, 3.63) is 100 Å². The molecule has 0 aliphatic carbocycles. The highest BCUT2D eigenvalue weighted by molar-refractivity contribution is 6.35. The molecule has 0 aromatic heterocycles. The zero-order valence-corrected chi connectivity index (χ0v) is 17.9. The highest BCUT2D eigenvalue weighted by Gasteiger charge is 2.07. The maximum atomic E-state index is 11.8. The van der Waals surface area contributed by atoms with Crippen LogP contribution >= 0.6 is 23.2 Å². The van der Waals surface area contributed by atoms with Crippen molar-refractivity contribution in [2.45, 2.75) is 6.61 Å². The average Bonchev–Trinajstić information content (AvgIpc) is 2.77. The Morgan fingerprint density at radius 3 is 2.23 bits per heavy atom. The van der Waals surface area contributed by atoms with Gasteiger partial charge in [-0.2, -0.15) is 0 Å². The van der Waals surface area contributed by atoms with E-state index in [2.05, 4.69) is 5.32 Å². The highest BCUT2D eigenvalue weighted by Crippen LogP contribution is 2.26. The average molecular weight is 456 g/mol. The van der Waals surface area contributed by atoms with Gasteiger partial charge in [-0.05, 0) is 48.0 Å². The molecule has 0 unspecified atom stereocenters. The van der Waals surface area contributed by atoms with E-state index in [1.807, 2.05) is 6.07 Å². The molecule has 0 saturated heterocycles. The zero-order valence-electron chi connectivity index (χ0n) is 16.4. The number of hydrogen-bond donors (Lipinski definition) is 1. The number of carbonyl (C=O) groups is 2. The van der Waals surface area contributed by atoms with E-state index in [4.69, 9.17) is 32.7 Å². The maximum Gasteiger partial charge on any atom is 0.331 e. The molecule has 7 heteroatoms. The van der Waals surface area contributed by atoms with E-state index < -0.39 is 11.9 Å². The lowest BCUT2D eigenvalue weighted by molar-refractivity contribution is -0.142. The number of hydrogen-bond acceptors (Lipinski definition) is 4. The van der Waals surface area contributed by atoms with Gasteiger partial charge in [0.1, 0.15) is 12.4 Å². The molecule has 0 bridgehead atoms. The summed E-state index contributed by atoms with van der Waals surface area (Å²) in [6.45, 7) is -0.124. The lowest BCUT2D eigenvalue weighted by Gasteiger charge is -2.09. The second-order valence-corrected chi connectivity index (χ2v) is 7.23. The van der Waals surface area contributed by atoms with Gasteiger partial charge >= 0.3 is 5.97 Å². The largest absolute Gasteiger partial charge is 0.489 e. The summed E-state index contributed by atoms with van der Waals surface area (Å²) < 4.78 is 10.7. The number of esters is 1. The van der Waals surface area contributed by atoms with E-state index in [1.54, 1.807) is 72.8 Å². The predicted octanol–water partition coefficient (Wildman–Crippen LogP) is 5.77. The number of amides is 1. The third kappa shape index (κ3) is 7.17. The van der Waals surface area contributed by atoms with Crippen LogP contribution in [0.2, 0.25) is 10.0 Å². The lowest BCUT2D eigenvalue weighted by Crippen LogP contribution is -2.20. The van der Waals surface area contributed by atoms with Crippen LogP contribution in [-0.4, -0.2) is 18.5 Å². The fraction of sp³-hybridized carbons (Fsp3) is 0.0833. The quantitative estimate of drug-likeness (QED) is 0.346. The van der Waals surface area contributed by atoms with Gasteiger partial charge in [0.25, 0.3) is 5.91 Å². The van der Waals surface area contributed by atoms with Crippen LogP contribution in [0.4, 0.5) is 5.69 Å². The zero-order chi connectivity index (χ0) is 22.1. The van der Waals surface area contributed by atoms with Crippen molar-refractivity contribution in [2.24, 2.45) is 0 Å². The van der Waals surface area contributed by atoms with Gasteiger partial charge in [0.15, 0.2) is 6.61 Å². The number of anilines is 1. The first-order valence-corrected chi connectivity index (χ1v) is 10.1. The van der Waals surface area contributed by atoms with Crippen LogP contribution in [0.25, 0.3) is 6.08 Å². The van der Waals surface area contributed by atoms with Crippen LogP contribution in [0.5, 0.6) is 5.75 Å². The summed E-state index contributed by atoms with van der Waals surface area (Å²) in [5, 5.41) is 3.73. The molecule has 1 amide bonds. The molecule has 1 N–H and O–H groups in total. The molecule has 0 spiro atoms. The van der Waals surface area contributed by atoms with Crippen LogP contribution in [0, 0.1) is 0 Å². The smallest absolute Gasteiger partial charge is 0.331 e. The van der Waals surface area contributed by atoms with Crippen LogP contribution in [-0.2, 0) is 20.9 Å². The van der Waals surface area contributed by atoms with Crippen molar-refractivity contribution in [1.82, 2.24) is 0 Å². The predicted molar refractivity (Wildman–Crippen MR) is 122 cm³/mol. The van der Waals surface area contributed by atoms with Gasteiger partial charge in [0, 0.05) is 27.4 Å². The number of benzene rings is 3. The normalized spacial score (nSPS) is 10.6. The standard InChI is InChI=1S/C24H19Cl2NO4/c25-21-7-4-8-22(26)20(21)15-30-19-12-9-17(10-13-19)11-14-24(29)31-16-23(28)27-18-5-2-1-3-6-18/h1-14H,15-16H2,(H,27,28)/b14-11+. The van der Waals surface area contributed by atoms with Gasteiger partial charge in [-0.15, -0.1) is 0 Å². The molecule has 0 aliphatic heterocycles. The third-order valence-electron chi connectivity index (χ3n) is 4.14. The molecule has 5 nitrogen and oxygen atoms in total. The fourth-order valence-corrected chi connectivity index (χ4v) is 3.08. The molecule has 3 rings (SSSR count). The number of nitrogens with one attached hydrogen (secondary N) is 1. The molecule has 3 aromatic rings. The van der Waals surface area contributed by atoms with Gasteiger partial charge in [-0.25, -0.2) is 4.79 Å². The van der Waals surface area contributed by atoms with Crippen LogP contribution < -0.4 is 10.1 Å². The first-order chi connectivity index (χ1) is 15.0. The minimum absolute atomic E-state index is 0.241. The molecule has 0 aliphatic rings.